The molecule has 1 aromatic heterocycles. The van der Waals surface area contributed by atoms with Crippen LogP contribution >= 0.6 is 11.6 Å². The SMILES string of the molecule is Cn1ncc(NC(=O)Nc2ccc(Cl)cc2)c1C(N)=O. The molecule has 0 fully saturated rings. The van der Waals surface area contributed by atoms with Gasteiger partial charge in [-0.2, -0.15) is 5.10 Å². The lowest BCUT2D eigenvalue weighted by atomic mass is 10.3. The summed E-state index contributed by atoms with van der Waals surface area (Å²) in [5.41, 5.74) is 6.15. The maximum Gasteiger partial charge on any atom is 0.323 e. The molecule has 0 aliphatic carbocycles. The van der Waals surface area contributed by atoms with Crippen molar-refractivity contribution in [3.05, 3.63) is 41.2 Å². The molecule has 0 bridgehead atoms. The van der Waals surface area contributed by atoms with E-state index >= 15 is 0 Å². The van der Waals surface area contributed by atoms with Crippen LogP contribution < -0.4 is 16.4 Å². The van der Waals surface area contributed by atoms with E-state index < -0.39 is 11.9 Å². The highest BCUT2D eigenvalue weighted by atomic mass is 35.5. The monoisotopic (exact) mass is 293 g/mol. The third kappa shape index (κ3) is 3.07. The van der Waals surface area contributed by atoms with Gasteiger partial charge in [0.15, 0.2) is 0 Å². The summed E-state index contributed by atoms with van der Waals surface area (Å²) in [6.07, 6.45) is 1.35. The first kappa shape index (κ1) is 13.9. The number of rotatable bonds is 3. The van der Waals surface area contributed by atoms with E-state index in [4.69, 9.17) is 17.3 Å². The van der Waals surface area contributed by atoms with Gasteiger partial charge in [0.25, 0.3) is 5.91 Å². The standard InChI is InChI=1S/C12H12ClN5O2/c1-18-10(11(14)19)9(6-15-18)17-12(20)16-8-4-2-7(13)3-5-8/h2-6H,1H3,(H2,14,19)(H2,16,17,20). The van der Waals surface area contributed by atoms with Crippen molar-refractivity contribution in [2.45, 2.75) is 0 Å². The molecule has 0 unspecified atom stereocenters. The number of halogens is 1. The maximum absolute atomic E-state index is 11.8. The molecule has 0 spiro atoms. The largest absolute Gasteiger partial charge is 0.364 e. The number of amides is 3. The summed E-state index contributed by atoms with van der Waals surface area (Å²) >= 11 is 5.75. The third-order valence-corrected chi connectivity index (χ3v) is 2.77. The number of carbonyl (C=O) groups is 2. The van der Waals surface area contributed by atoms with E-state index in [0.717, 1.165) is 0 Å². The summed E-state index contributed by atoms with van der Waals surface area (Å²) in [5, 5.41) is 9.54. The second-order valence-electron chi connectivity index (χ2n) is 3.98. The molecule has 7 nitrogen and oxygen atoms in total. The van der Waals surface area contributed by atoms with Crippen molar-refractivity contribution in [1.29, 1.82) is 0 Å². The van der Waals surface area contributed by atoms with Crippen LogP contribution in [0.3, 0.4) is 0 Å². The Morgan fingerprint density at radius 2 is 1.90 bits per heavy atom. The van der Waals surface area contributed by atoms with Crippen molar-refractivity contribution in [2.75, 3.05) is 10.6 Å². The minimum absolute atomic E-state index is 0.122. The summed E-state index contributed by atoms with van der Waals surface area (Å²) in [5.74, 6) is -0.674. The van der Waals surface area contributed by atoms with E-state index in [2.05, 4.69) is 15.7 Å². The minimum atomic E-state index is -0.674. The van der Waals surface area contributed by atoms with Gasteiger partial charge in [0.1, 0.15) is 5.69 Å². The molecule has 0 radical (unpaired) electrons. The molecule has 0 aliphatic rings. The fourth-order valence-electron chi connectivity index (χ4n) is 1.64. The van der Waals surface area contributed by atoms with Crippen LogP contribution in [0, 0.1) is 0 Å². The predicted octanol–water partition coefficient (Wildman–Crippen LogP) is 1.82. The molecule has 104 valence electrons. The molecule has 2 rings (SSSR count). The van der Waals surface area contributed by atoms with Crippen LogP contribution in [0.2, 0.25) is 5.02 Å². The van der Waals surface area contributed by atoms with Crippen LogP contribution in [-0.4, -0.2) is 21.7 Å². The highest BCUT2D eigenvalue weighted by Crippen LogP contribution is 2.16. The van der Waals surface area contributed by atoms with Crippen LogP contribution in [0.25, 0.3) is 0 Å². The number of aromatic nitrogens is 2. The van der Waals surface area contributed by atoms with E-state index in [0.29, 0.717) is 10.7 Å². The Hall–Kier alpha value is -2.54. The maximum atomic E-state index is 11.8. The first-order valence-electron chi connectivity index (χ1n) is 5.62. The zero-order valence-electron chi connectivity index (χ0n) is 10.6. The lowest BCUT2D eigenvalue weighted by Gasteiger charge is -2.07. The quantitative estimate of drug-likeness (QED) is 0.804. The number of benzene rings is 1. The third-order valence-electron chi connectivity index (χ3n) is 2.52. The minimum Gasteiger partial charge on any atom is -0.364 e. The second-order valence-corrected chi connectivity index (χ2v) is 4.42. The number of hydrogen-bond donors (Lipinski definition) is 3. The number of nitrogens with one attached hydrogen (secondary N) is 2. The summed E-state index contributed by atoms with van der Waals surface area (Å²) < 4.78 is 1.29. The zero-order chi connectivity index (χ0) is 14.7. The van der Waals surface area contributed by atoms with Crippen molar-refractivity contribution in [2.24, 2.45) is 12.8 Å². The topological polar surface area (TPSA) is 102 Å². The molecule has 3 amide bonds. The Morgan fingerprint density at radius 3 is 2.50 bits per heavy atom. The van der Waals surface area contributed by atoms with Gasteiger partial charge >= 0.3 is 6.03 Å². The molecular weight excluding hydrogens is 282 g/mol. The molecule has 0 atom stereocenters. The summed E-state index contributed by atoms with van der Waals surface area (Å²) in [4.78, 5) is 23.1. The summed E-state index contributed by atoms with van der Waals surface area (Å²) in [6.45, 7) is 0. The van der Waals surface area contributed by atoms with Crippen molar-refractivity contribution in [3.63, 3.8) is 0 Å². The Morgan fingerprint density at radius 1 is 1.25 bits per heavy atom. The van der Waals surface area contributed by atoms with Gasteiger partial charge in [-0.15, -0.1) is 0 Å². The number of anilines is 2. The number of carbonyl (C=O) groups excluding carboxylic acids is 2. The van der Waals surface area contributed by atoms with E-state index in [1.54, 1.807) is 31.3 Å². The normalized spacial score (nSPS) is 10.1. The van der Waals surface area contributed by atoms with Gasteiger partial charge in [0.2, 0.25) is 0 Å². The van der Waals surface area contributed by atoms with Crippen molar-refractivity contribution in [3.8, 4) is 0 Å². The molecular formula is C12H12ClN5O2. The molecule has 8 heteroatoms. The van der Waals surface area contributed by atoms with E-state index in [1.165, 1.54) is 10.9 Å². The lowest BCUT2D eigenvalue weighted by Crippen LogP contribution is -2.23. The number of nitrogens with zero attached hydrogens (tertiary/aromatic N) is 2. The fraction of sp³-hybridized carbons (Fsp3) is 0.0833. The van der Waals surface area contributed by atoms with Crippen molar-refractivity contribution >= 4 is 34.9 Å². The van der Waals surface area contributed by atoms with Crippen LogP contribution in [0.4, 0.5) is 16.2 Å². The zero-order valence-corrected chi connectivity index (χ0v) is 11.3. The van der Waals surface area contributed by atoms with Crippen LogP contribution in [0.5, 0.6) is 0 Å². The first-order chi connectivity index (χ1) is 9.47. The van der Waals surface area contributed by atoms with Crippen LogP contribution in [-0.2, 0) is 7.05 Å². The lowest BCUT2D eigenvalue weighted by molar-refractivity contribution is 0.0992. The number of aryl methyl sites for hydroxylation is 1. The number of primary amides is 1. The first-order valence-corrected chi connectivity index (χ1v) is 6.00. The number of urea groups is 1. The van der Waals surface area contributed by atoms with Gasteiger partial charge < -0.3 is 16.4 Å². The fourth-order valence-corrected chi connectivity index (χ4v) is 1.77. The molecule has 1 heterocycles. The highest BCUT2D eigenvalue weighted by Gasteiger charge is 2.15. The van der Waals surface area contributed by atoms with Gasteiger partial charge in [0.05, 0.1) is 11.9 Å². The van der Waals surface area contributed by atoms with Gasteiger partial charge in [-0.1, -0.05) is 11.6 Å². The highest BCUT2D eigenvalue weighted by molar-refractivity contribution is 6.30. The summed E-state index contributed by atoms with van der Waals surface area (Å²) in [7, 11) is 1.56. The Labute approximate surface area is 119 Å². The second kappa shape index (κ2) is 5.62. The van der Waals surface area contributed by atoms with E-state index in [-0.39, 0.29) is 11.4 Å². The van der Waals surface area contributed by atoms with Crippen molar-refractivity contribution in [1.82, 2.24) is 9.78 Å². The van der Waals surface area contributed by atoms with E-state index in [1.807, 2.05) is 0 Å². The van der Waals surface area contributed by atoms with Gasteiger partial charge in [0, 0.05) is 17.8 Å². The number of hydrogen-bond acceptors (Lipinski definition) is 3. The van der Waals surface area contributed by atoms with Crippen LogP contribution in [0.1, 0.15) is 10.5 Å². The predicted molar refractivity (Wildman–Crippen MR) is 75.8 cm³/mol. The van der Waals surface area contributed by atoms with Crippen LogP contribution in [0.15, 0.2) is 30.5 Å². The Bertz CT molecular complexity index is 650. The van der Waals surface area contributed by atoms with Gasteiger partial charge in [-0.3, -0.25) is 9.48 Å². The average molecular weight is 294 g/mol. The average Bonchev–Trinajstić information content (AvgIpc) is 2.73. The molecule has 20 heavy (non-hydrogen) atoms. The summed E-state index contributed by atoms with van der Waals surface area (Å²) in [6, 6.07) is 6.09. The molecule has 1 aromatic carbocycles. The molecule has 0 saturated carbocycles. The van der Waals surface area contributed by atoms with E-state index in [9.17, 15) is 9.59 Å². The molecule has 0 saturated heterocycles. The number of nitrogens with two attached hydrogens (primary N) is 1. The molecule has 4 N–H and O–H groups in total. The molecule has 0 aliphatic heterocycles. The smallest absolute Gasteiger partial charge is 0.323 e. The Kier molecular flexibility index (Phi) is 3.90. The molecule has 2 aromatic rings. The van der Waals surface area contributed by atoms with Gasteiger partial charge in [-0.25, -0.2) is 4.79 Å². The Balaban J connectivity index is 2.09. The van der Waals surface area contributed by atoms with Gasteiger partial charge in [-0.05, 0) is 24.3 Å². The van der Waals surface area contributed by atoms with Crippen molar-refractivity contribution < 1.29 is 9.59 Å².